The molecule has 0 fully saturated rings. The number of aldehydes is 1. The Labute approximate surface area is 108 Å². The number of hydrogen-bond acceptors (Lipinski definition) is 3. The Bertz CT molecular complexity index is 542. The zero-order valence-corrected chi connectivity index (χ0v) is 10.6. The Kier molecular flexibility index (Phi) is 3.54. The Morgan fingerprint density at radius 2 is 2.06 bits per heavy atom. The van der Waals surface area contributed by atoms with Crippen molar-refractivity contribution in [1.29, 1.82) is 0 Å². The number of carbonyl (C=O) groups excluding carboxylic acids is 1. The topological polar surface area (TPSA) is 56.0 Å². The summed E-state index contributed by atoms with van der Waals surface area (Å²) < 4.78 is 0.910. The van der Waals surface area contributed by atoms with Gasteiger partial charge in [-0.2, -0.15) is 0 Å². The first kappa shape index (κ1) is 11.8. The smallest absolute Gasteiger partial charge is 0.131 e. The van der Waals surface area contributed by atoms with Crippen LogP contribution in [0.4, 0.5) is 5.82 Å². The van der Waals surface area contributed by atoms with Crippen LogP contribution in [0.15, 0.2) is 47.1 Å². The molecule has 0 spiro atoms. The van der Waals surface area contributed by atoms with E-state index >= 15 is 0 Å². The van der Waals surface area contributed by atoms with Gasteiger partial charge in [0.2, 0.25) is 0 Å². The van der Waals surface area contributed by atoms with Gasteiger partial charge in [0, 0.05) is 10.7 Å². The number of carbonyl (C=O) groups is 1. The first-order chi connectivity index (χ1) is 8.22. The number of aromatic nitrogens is 1. The number of rotatable bonds is 3. The van der Waals surface area contributed by atoms with Crippen molar-refractivity contribution in [3.8, 4) is 0 Å². The van der Waals surface area contributed by atoms with Crippen LogP contribution >= 0.6 is 15.9 Å². The van der Waals surface area contributed by atoms with Crippen LogP contribution in [0.1, 0.15) is 17.0 Å². The zero-order chi connectivity index (χ0) is 12.3. The molecule has 86 valence electrons. The molecule has 0 aliphatic carbocycles. The first-order valence-electron chi connectivity index (χ1n) is 5.13. The SMILES string of the molecule is Nc1cc(C(C=O)c2ccccc2Br)ccn1. The van der Waals surface area contributed by atoms with Gasteiger partial charge in [-0.1, -0.05) is 34.1 Å². The second-order valence-corrected chi connectivity index (χ2v) is 4.50. The van der Waals surface area contributed by atoms with Crippen LogP contribution in [-0.4, -0.2) is 11.3 Å². The summed E-state index contributed by atoms with van der Waals surface area (Å²) in [7, 11) is 0. The number of anilines is 1. The molecule has 2 aromatic rings. The van der Waals surface area contributed by atoms with Crippen molar-refractivity contribution < 1.29 is 4.79 Å². The average Bonchev–Trinajstić information content (AvgIpc) is 2.33. The van der Waals surface area contributed by atoms with Crippen molar-refractivity contribution in [3.05, 3.63) is 58.2 Å². The Morgan fingerprint density at radius 3 is 2.71 bits per heavy atom. The molecule has 0 amide bonds. The van der Waals surface area contributed by atoms with E-state index in [9.17, 15) is 4.79 Å². The average molecular weight is 291 g/mol. The van der Waals surface area contributed by atoms with Crippen molar-refractivity contribution in [2.75, 3.05) is 5.73 Å². The number of nitrogens with two attached hydrogens (primary N) is 1. The largest absolute Gasteiger partial charge is 0.384 e. The van der Waals surface area contributed by atoms with Crippen molar-refractivity contribution in [1.82, 2.24) is 4.98 Å². The van der Waals surface area contributed by atoms with Crippen molar-refractivity contribution >= 4 is 28.0 Å². The molecule has 0 bridgehead atoms. The monoisotopic (exact) mass is 290 g/mol. The maximum Gasteiger partial charge on any atom is 0.131 e. The molecule has 2 N–H and O–H groups in total. The molecule has 1 aromatic heterocycles. The first-order valence-corrected chi connectivity index (χ1v) is 5.93. The summed E-state index contributed by atoms with van der Waals surface area (Å²) in [6, 6.07) is 11.2. The summed E-state index contributed by atoms with van der Waals surface area (Å²) in [5.74, 6) is 0.0947. The third kappa shape index (κ3) is 2.53. The van der Waals surface area contributed by atoms with E-state index < -0.39 is 0 Å². The lowest BCUT2D eigenvalue weighted by atomic mass is 9.93. The quantitative estimate of drug-likeness (QED) is 0.885. The molecule has 1 heterocycles. The van der Waals surface area contributed by atoms with Crippen molar-refractivity contribution in [2.45, 2.75) is 5.92 Å². The van der Waals surface area contributed by atoms with Crippen molar-refractivity contribution in [3.63, 3.8) is 0 Å². The summed E-state index contributed by atoms with van der Waals surface area (Å²) in [5, 5.41) is 0. The van der Waals surface area contributed by atoms with Gasteiger partial charge in [0.25, 0.3) is 0 Å². The molecule has 0 radical (unpaired) electrons. The molecule has 0 saturated carbocycles. The Morgan fingerprint density at radius 1 is 1.29 bits per heavy atom. The third-order valence-electron chi connectivity index (χ3n) is 2.54. The number of nitrogen functional groups attached to an aromatic ring is 1. The minimum absolute atomic E-state index is 0.323. The molecule has 2 rings (SSSR count). The van der Waals surface area contributed by atoms with E-state index in [2.05, 4.69) is 20.9 Å². The maximum atomic E-state index is 11.3. The predicted molar refractivity (Wildman–Crippen MR) is 70.7 cm³/mol. The van der Waals surface area contributed by atoms with Crippen LogP contribution in [0.3, 0.4) is 0 Å². The van der Waals surface area contributed by atoms with E-state index in [1.54, 1.807) is 18.3 Å². The van der Waals surface area contributed by atoms with E-state index in [0.29, 0.717) is 5.82 Å². The maximum absolute atomic E-state index is 11.3. The lowest BCUT2D eigenvalue weighted by Crippen LogP contribution is -2.04. The molecule has 1 aromatic carbocycles. The Balaban J connectivity index is 2.48. The van der Waals surface area contributed by atoms with Crippen LogP contribution in [0.25, 0.3) is 0 Å². The number of halogens is 1. The Hall–Kier alpha value is -1.68. The standard InChI is InChI=1S/C13H11BrN2O/c14-12-4-2-1-3-10(12)11(8-17)9-5-6-16-13(15)7-9/h1-8,11H,(H2,15,16). The highest BCUT2D eigenvalue weighted by Gasteiger charge is 2.15. The van der Waals surface area contributed by atoms with E-state index in [1.807, 2.05) is 24.3 Å². The minimum Gasteiger partial charge on any atom is -0.384 e. The summed E-state index contributed by atoms with van der Waals surface area (Å²) in [6.45, 7) is 0. The molecular formula is C13H11BrN2O. The fourth-order valence-corrected chi connectivity index (χ4v) is 2.25. The summed E-state index contributed by atoms with van der Waals surface area (Å²) in [5.41, 5.74) is 7.40. The summed E-state index contributed by atoms with van der Waals surface area (Å²) >= 11 is 3.45. The molecule has 1 unspecified atom stereocenters. The second kappa shape index (κ2) is 5.10. The van der Waals surface area contributed by atoms with Crippen LogP contribution in [0, 0.1) is 0 Å². The number of benzene rings is 1. The minimum atomic E-state index is -0.323. The normalized spacial score (nSPS) is 12.1. The predicted octanol–water partition coefficient (Wildman–Crippen LogP) is 2.76. The zero-order valence-electron chi connectivity index (χ0n) is 9.01. The lowest BCUT2D eigenvalue weighted by molar-refractivity contribution is -0.108. The molecular weight excluding hydrogens is 280 g/mol. The van der Waals surface area contributed by atoms with Gasteiger partial charge in [-0.05, 0) is 29.3 Å². The molecule has 17 heavy (non-hydrogen) atoms. The van der Waals surface area contributed by atoms with Gasteiger partial charge >= 0.3 is 0 Å². The van der Waals surface area contributed by atoms with Crippen LogP contribution in [0.2, 0.25) is 0 Å². The van der Waals surface area contributed by atoms with Crippen LogP contribution in [-0.2, 0) is 4.79 Å². The van der Waals surface area contributed by atoms with Gasteiger partial charge in [-0.3, -0.25) is 0 Å². The molecule has 0 aliphatic rings. The number of nitrogens with zero attached hydrogens (tertiary/aromatic N) is 1. The lowest BCUT2D eigenvalue weighted by Gasteiger charge is -2.13. The fraction of sp³-hybridized carbons (Fsp3) is 0.0769. The summed E-state index contributed by atoms with van der Waals surface area (Å²) in [4.78, 5) is 15.2. The van der Waals surface area contributed by atoms with E-state index in [0.717, 1.165) is 21.9 Å². The summed E-state index contributed by atoms with van der Waals surface area (Å²) in [6.07, 6.45) is 2.52. The second-order valence-electron chi connectivity index (χ2n) is 3.65. The molecule has 3 nitrogen and oxygen atoms in total. The van der Waals surface area contributed by atoms with Crippen LogP contribution in [0.5, 0.6) is 0 Å². The van der Waals surface area contributed by atoms with E-state index in [-0.39, 0.29) is 5.92 Å². The van der Waals surface area contributed by atoms with Gasteiger partial charge in [0.1, 0.15) is 12.1 Å². The van der Waals surface area contributed by atoms with Gasteiger partial charge in [-0.15, -0.1) is 0 Å². The molecule has 0 saturated heterocycles. The number of pyridine rings is 1. The van der Waals surface area contributed by atoms with Crippen molar-refractivity contribution in [2.24, 2.45) is 0 Å². The molecule has 1 atom stereocenters. The highest BCUT2D eigenvalue weighted by atomic mass is 79.9. The van der Waals surface area contributed by atoms with E-state index in [4.69, 9.17) is 5.73 Å². The van der Waals surface area contributed by atoms with Crippen LogP contribution < -0.4 is 5.73 Å². The third-order valence-corrected chi connectivity index (χ3v) is 3.26. The molecule has 0 aliphatic heterocycles. The van der Waals surface area contributed by atoms with Gasteiger partial charge in [0.15, 0.2) is 0 Å². The van der Waals surface area contributed by atoms with E-state index in [1.165, 1.54) is 0 Å². The highest BCUT2D eigenvalue weighted by Crippen LogP contribution is 2.29. The van der Waals surface area contributed by atoms with Gasteiger partial charge < -0.3 is 10.5 Å². The van der Waals surface area contributed by atoms with Gasteiger partial charge in [0.05, 0.1) is 5.92 Å². The highest BCUT2D eigenvalue weighted by molar-refractivity contribution is 9.10. The fourth-order valence-electron chi connectivity index (χ4n) is 1.72. The van der Waals surface area contributed by atoms with Gasteiger partial charge in [-0.25, -0.2) is 4.98 Å². The number of hydrogen-bond donors (Lipinski definition) is 1. The molecule has 4 heteroatoms.